The molecule has 4 atom stereocenters. The van der Waals surface area contributed by atoms with Crippen LogP contribution in [0.1, 0.15) is 104 Å². The van der Waals surface area contributed by atoms with Crippen molar-refractivity contribution >= 4 is 24.1 Å². The molecule has 0 spiro atoms. The number of nitrogens with one attached hydrogen (secondary N) is 2. The number of hydrogen-bond donors (Lipinski definition) is 2. The van der Waals surface area contributed by atoms with E-state index in [2.05, 4.69) is 23.8 Å². The fourth-order valence-corrected chi connectivity index (χ4v) is 10.3. The lowest BCUT2D eigenvalue weighted by atomic mass is 9.52. The lowest BCUT2D eigenvalue weighted by molar-refractivity contribution is -0.218. The first-order chi connectivity index (χ1) is 20.8. The molecule has 0 aromatic rings. The van der Waals surface area contributed by atoms with Crippen LogP contribution in [-0.2, 0) is 28.5 Å². The molecule has 4 unspecified atom stereocenters. The molecule has 242 valence electrons. The summed E-state index contributed by atoms with van der Waals surface area (Å²) in [6, 6.07) is 0. The first-order valence-corrected chi connectivity index (χ1v) is 16.5. The standard InChI is InChI=1S/C34H48N2O8/c1-21(2)27(37)41-31-11-23-9-24(12-31)16-33(15-23,19-31)43-29(39)35-7-5-6-8-36-30(40)44-34-17-25-10-26(18-34)14-32(13-25,20-34)42-28(38)22(3)4/h23-26H,1,3,5-20H2,2,4H3,(H,35,39)(H,36,40). The minimum atomic E-state index is -0.590. The van der Waals surface area contributed by atoms with Crippen molar-refractivity contribution in [2.45, 2.75) is 126 Å². The molecule has 8 fully saturated rings. The van der Waals surface area contributed by atoms with E-state index >= 15 is 0 Å². The Morgan fingerprint density at radius 1 is 0.568 bits per heavy atom. The van der Waals surface area contributed by atoms with Gasteiger partial charge in [0.1, 0.15) is 22.4 Å². The molecule has 8 bridgehead atoms. The molecule has 8 aliphatic rings. The van der Waals surface area contributed by atoms with E-state index in [0.717, 1.165) is 64.2 Å². The van der Waals surface area contributed by atoms with Gasteiger partial charge in [-0.25, -0.2) is 19.2 Å². The molecule has 0 aromatic carbocycles. The van der Waals surface area contributed by atoms with Crippen LogP contribution in [0.15, 0.2) is 24.3 Å². The van der Waals surface area contributed by atoms with Gasteiger partial charge < -0.3 is 29.6 Å². The molecule has 0 saturated heterocycles. The number of amides is 2. The first-order valence-electron chi connectivity index (χ1n) is 16.5. The molecule has 0 aliphatic heterocycles. The number of esters is 2. The van der Waals surface area contributed by atoms with Crippen molar-refractivity contribution in [1.29, 1.82) is 0 Å². The number of carbonyl (C=O) groups is 4. The highest BCUT2D eigenvalue weighted by Gasteiger charge is 2.63. The van der Waals surface area contributed by atoms with Crippen molar-refractivity contribution in [2.24, 2.45) is 23.7 Å². The molecule has 0 heterocycles. The third-order valence-electron chi connectivity index (χ3n) is 11.0. The predicted molar refractivity (Wildman–Crippen MR) is 160 cm³/mol. The molecule has 8 saturated carbocycles. The van der Waals surface area contributed by atoms with E-state index in [-0.39, 0.29) is 11.9 Å². The van der Waals surface area contributed by atoms with Gasteiger partial charge in [0.05, 0.1) is 0 Å². The molecular weight excluding hydrogens is 564 g/mol. The number of unbranched alkanes of at least 4 members (excludes halogenated alkanes) is 1. The Morgan fingerprint density at radius 2 is 0.864 bits per heavy atom. The van der Waals surface area contributed by atoms with E-state index in [1.165, 1.54) is 0 Å². The van der Waals surface area contributed by atoms with Crippen LogP contribution in [0.25, 0.3) is 0 Å². The Balaban J connectivity index is 0.916. The van der Waals surface area contributed by atoms with Gasteiger partial charge in [-0.05, 0) is 115 Å². The highest BCUT2D eigenvalue weighted by molar-refractivity contribution is 5.87. The smallest absolute Gasteiger partial charge is 0.407 e. The van der Waals surface area contributed by atoms with E-state index in [1.54, 1.807) is 13.8 Å². The quantitative estimate of drug-likeness (QED) is 0.133. The van der Waals surface area contributed by atoms with Crippen molar-refractivity contribution in [1.82, 2.24) is 10.6 Å². The van der Waals surface area contributed by atoms with Crippen molar-refractivity contribution in [3.8, 4) is 0 Å². The van der Waals surface area contributed by atoms with E-state index in [1.807, 2.05) is 0 Å². The molecule has 2 N–H and O–H groups in total. The van der Waals surface area contributed by atoms with Crippen LogP contribution in [0.2, 0.25) is 0 Å². The number of carbonyl (C=O) groups excluding carboxylic acids is 4. The van der Waals surface area contributed by atoms with E-state index in [4.69, 9.17) is 18.9 Å². The molecule has 8 rings (SSSR count). The summed E-state index contributed by atoms with van der Waals surface area (Å²) < 4.78 is 24.0. The van der Waals surface area contributed by atoms with Gasteiger partial charge in [0.2, 0.25) is 0 Å². The maximum atomic E-state index is 12.8. The Labute approximate surface area is 260 Å². The highest BCUT2D eigenvalue weighted by atomic mass is 16.6. The molecule has 2 amide bonds. The number of ether oxygens (including phenoxy) is 4. The molecular formula is C34H48N2O8. The number of alkyl carbamates (subject to hydrolysis) is 2. The number of rotatable bonds is 11. The summed E-state index contributed by atoms with van der Waals surface area (Å²) in [5.74, 6) is 0.836. The maximum Gasteiger partial charge on any atom is 0.407 e. The third-order valence-corrected chi connectivity index (χ3v) is 11.0. The fourth-order valence-electron chi connectivity index (χ4n) is 10.3. The zero-order chi connectivity index (χ0) is 31.3. The summed E-state index contributed by atoms with van der Waals surface area (Å²) in [5.41, 5.74) is -1.53. The van der Waals surface area contributed by atoms with Crippen LogP contribution >= 0.6 is 0 Å². The van der Waals surface area contributed by atoms with Gasteiger partial charge in [-0.3, -0.25) is 0 Å². The second kappa shape index (κ2) is 11.4. The van der Waals surface area contributed by atoms with E-state index < -0.39 is 34.6 Å². The van der Waals surface area contributed by atoms with Gasteiger partial charge in [0, 0.05) is 37.1 Å². The van der Waals surface area contributed by atoms with E-state index in [0.29, 0.717) is 73.6 Å². The lowest BCUT2D eigenvalue weighted by Crippen LogP contribution is -2.62. The first kappa shape index (κ1) is 31.0. The SMILES string of the molecule is C=C(C)C(=O)OC12CC3CC(CC(OC(=O)NCCCCNC(=O)OC45CC6CC(C4)CC(OC(=O)C(=C)C)(C6)C5)(C3)C1)C2. The molecule has 0 radical (unpaired) electrons. The Kier molecular flexibility index (Phi) is 8.02. The minimum Gasteiger partial charge on any atom is -0.456 e. The fraction of sp³-hybridized carbons (Fsp3) is 0.765. The lowest BCUT2D eigenvalue weighted by Gasteiger charge is -2.60. The normalized spacial score (nSPS) is 38.9. The average Bonchev–Trinajstić information content (AvgIpc) is 2.87. The van der Waals surface area contributed by atoms with Crippen molar-refractivity contribution in [3.05, 3.63) is 24.3 Å². The summed E-state index contributed by atoms with van der Waals surface area (Å²) in [4.78, 5) is 50.3. The monoisotopic (exact) mass is 612 g/mol. The predicted octanol–water partition coefficient (Wildman–Crippen LogP) is 5.64. The van der Waals surface area contributed by atoms with Gasteiger partial charge >= 0.3 is 24.1 Å². The van der Waals surface area contributed by atoms with Gasteiger partial charge in [-0.1, -0.05) is 13.2 Å². The summed E-state index contributed by atoms with van der Waals surface area (Å²) in [6.45, 7) is 11.6. The second-order valence-electron chi connectivity index (χ2n) is 15.3. The van der Waals surface area contributed by atoms with Gasteiger partial charge in [-0.2, -0.15) is 0 Å². The summed E-state index contributed by atoms with van der Waals surface area (Å²) >= 11 is 0. The summed E-state index contributed by atoms with van der Waals surface area (Å²) in [5, 5.41) is 5.75. The second-order valence-corrected chi connectivity index (χ2v) is 15.3. The van der Waals surface area contributed by atoms with Gasteiger partial charge in [0.25, 0.3) is 0 Å². The van der Waals surface area contributed by atoms with Crippen LogP contribution < -0.4 is 10.6 Å². The average molecular weight is 613 g/mol. The highest BCUT2D eigenvalue weighted by Crippen LogP contribution is 2.61. The Morgan fingerprint density at radius 3 is 1.16 bits per heavy atom. The molecule has 8 aliphatic carbocycles. The molecule has 0 aromatic heterocycles. The van der Waals surface area contributed by atoms with Crippen LogP contribution in [0.5, 0.6) is 0 Å². The summed E-state index contributed by atoms with van der Waals surface area (Å²) in [6.07, 6.45) is 10.3. The zero-order valence-electron chi connectivity index (χ0n) is 26.3. The maximum absolute atomic E-state index is 12.8. The largest absolute Gasteiger partial charge is 0.456 e. The van der Waals surface area contributed by atoms with Crippen molar-refractivity contribution in [3.63, 3.8) is 0 Å². The zero-order valence-corrected chi connectivity index (χ0v) is 26.3. The molecule has 10 heteroatoms. The number of hydrogen-bond acceptors (Lipinski definition) is 8. The minimum absolute atomic E-state index is 0.366. The van der Waals surface area contributed by atoms with Crippen LogP contribution in [0.4, 0.5) is 9.59 Å². The van der Waals surface area contributed by atoms with Crippen LogP contribution in [-0.4, -0.2) is 59.6 Å². The van der Waals surface area contributed by atoms with Crippen LogP contribution in [0, 0.1) is 23.7 Å². The van der Waals surface area contributed by atoms with Gasteiger partial charge in [-0.15, -0.1) is 0 Å². The molecule has 44 heavy (non-hydrogen) atoms. The van der Waals surface area contributed by atoms with E-state index in [9.17, 15) is 19.2 Å². The van der Waals surface area contributed by atoms with Crippen molar-refractivity contribution < 1.29 is 38.1 Å². The molecule has 10 nitrogen and oxygen atoms in total. The third kappa shape index (κ3) is 6.36. The van der Waals surface area contributed by atoms with Gasteiger partial charge in [0.15, 0.2) is 0 Å². The Hall–Kier alpha value is -3.04. The topological polar surface area (TPSA) is 129 Å². The van der Waals surface area contributed by atoms with Crippen LogP contribution in [0.3, 0.4) is 0 Å². The Bertz CT molecular complexity index is 1120. The van der Waals surface area contributed by atoms with Crippen molar-refractivity contribution in [2.75, 3.05) is 13.1 Å². The summed E-state index contributed by atoms with van der Waals surface area (Å²) in [7, 11) is 0.